The Kier molecular flexibility index (Phi) is 3.72. The molecule has 4 heteroatoms. The van der Waals surface area contributed by atoms with E-state index >= 15 is 0 Å². The van der Waals surface area contributed by atoms with Crippen LogP contribution in [0.15, 0.2) is 18.6 Å². The monoisotopic (exact) mass is 220 g/mol. The summed E-state index contributed by atoms with van der Waals surface area (Å²) in [6, 6.07) is 3.06. The quantitative estimate of drug-likeness (QED) is 0.833. The molecule has 1 atom stereocenters. The molecule has 16 heavy (non-hydrogen) atoms. The van der Waals surface area contributed by atoms with Gasteiger partial charge in [-0.2, -0.15) is 0 Å². The zero-order chi connectivity index (χ0) is 11.4. The smallest absolute Gasteiger partial charge is 0.132 e. The number of nitrogens with zero attached hydrogens (tertiary/aromatic N) is 3. The van der Waals surface area contributed by atoms with Gasteiger partial charge in [0.15, 0.2) is 0 Å². The SMILES string of the molecule is CC(C)N(CC1CCCN1)c1ccncn1. The molecule has 1 aliphatic rings. The Labute approximate surface area is 97.1 Å². The van der Waals surface area contributed by atoms with E-state index in [1.165, 1.54) is 12.8 Å². The molecule has 0 saturated carbocycles. The molecule has 1 aromatic rings. The molecule has 0 bridgehead atoms. The van der Waals surface area contributed by atoms with E-state index in [4.69, 9.17) is 0 Å². The maximum Gasteiger partial charge on any atom is 0.132 e. The van der Waals surface area contributed by atoms with Crippen molar-refractivity contribution in [1.29, 1.82) is 0 Å². The van der Waals surface area contributed by atoms with Crippen molar-refractivity contribution in [2.45, 2.75) is 38.8 Å². The number of anilines is 1. The van der Waals surface area contributed by atoms with Crippen LogP contribution in [0, 0.1) is 0 Å². The molecule has 1 saturated heterocycles. The van der Waals surface area contributed by atoms with E-state index in [0.717, 1.165) is 18.9 Å². The van der Waals surface area contributed by atoms with Gasteiger partial charge in [-0.1, -0.05) is 0 Å². The van der Waals surface area contributed by atoms with Gasteiger partial charge in [-0.05, 0) is 39.3 Å². The molecule has 1 aromatic heterocycles. The molecule has 0 spiro atoms. The van der Waals surface area contributed by atoms with Gasteiger partial charge in [-0.3, -0.25) is 0 Å². The van der Waals surface area contributed by atoms with Crippen LogP contribution in [0.3, 0.4) is 0 Å². The van der Waals surface area contributed by atoms with Crippen molar-refractivity contribution in [1.82, 2.24) is 15.3 Å². The van der Waals surface area contributed by atoms with Crippen molar-refractivity contribution in [3.8, 4) is 0 Å². The summed E-state index contributed by atoms with van der Waals surface area (Å²) < 4.78 is 0. The Balaban J connectivity index is 2.05. The van der Waals surface area contributed by atoms with E-state index in [2.05, 4.69) is 34.0 Å². The van der Waals surface area contributed by atoms with Crippen molar-refractivity contribution in [3.05, 3.63) is 18.6 Å². The summed E-state index contributed by atoms with van der Waals surface area (Å²) in [4.78, 5) is 10.6. The number of hydrogen-bond acceptors (Lipinski definition) is 4. The predicted octanol–water partition coefficient (Wildman–Crippen LogP) is 1.44. The maximum atomic E-state index is 4.33. The lowest BCUT2D eigenvalue weighted by molar-refractivity contribution is 0.549. The topological polar surface area (TPSA) is 41.0 Å². The number of hydrogen-bond donors (Lipinski definition) is 1. The van der Waals surface area contributed by atoms with Gasteiger partial charge in [0.1, 0.15) is 12.1 Å². The first-order valence-electron chi connectivity index (χ1n) is 6.03. The van der Waals surface area contributed by atoms with E-state index in [0.29, 0.717) is 12.1 Å². The first-order valence-corrected chi connectivity index (χ1v) is 6.03. The first-order chi connectivity index (χ1) is 7.77. The third-order valence-corrected chi connectivity index (χ3v) is 3.06. The molecule has 1 unspecified atom stereocenters. The first kappa shape index (κ1) is 11.3. The van der Waals surface area contributed by atoms with Gasteiger partial charge in [0.2, 0.25) is 0 Å². The summed E-state index contributed by atoms with van der Waals surface area (Å²) in [7, 11) is 0. The normalized spacial score (nSPS) is 20.3. The number of aromatic nitrogens is 2. The summed E-state index contributed by atoms with van der Waals surface area (Å²) >= 11 is 0. The van der Waals surface area contributed by atoms with E-state index < -0.39 is 0 Å². The summed E-state index contributed by atoms with van der Waals surface area (Å²) in [6.45, 7) is 6.60. The van der Waals surface area contributed by atoms with Gasteiger partial charge < -0.3 is 10.2 Å². The molecule has 2 heterocycles. The highest BCUT2D eigenvalue weighted by molar-refractivity contribution is 5.37. The van der Waals surface area contributed by atoms with E-state index in [1.54, 1.807) is 12.5 Å². The lowest BCUT2D eigenvalue weighted by Gasteiger charge is -2.30. The Morgan fingerprint density at radius 2 is 2.44 bits per heavy atom. The standard InChI is InChI=1S/C12H20N4/c1-10(2)16(8-11-4-3-6-14-11)12-5-7-13-9-15-12/h5,7,9-11,14H,3-4,6,8H2,1-2H3. The van der Waals surface area contributed by atoms with Gasteiger partial charge in [0.05, 0.1) is 0 Å². The van der Waals surface area contributed by atoms with Crippen LogP contribution in [-0.4, -0.2) is 35.1 Å². The second-order valence-corrected chi connectivity index (χ2v) is 4.61. The van der Waals surface area contributed by atoms with Crippen LogP contribution in [0.5, 0.6) is 0 Å². The van der Waals surface area contributed by atoms with Crippen LogP contribution in [0.4, 0.5) is 5.82 Å². The molecule has 88 valence electrons. The summed E-state index contributed by atoms with van der Waals surface area (Å²) in [5.41, 5.74) is 0. The van der Waals surface area contributed by atoms with Crippen LogP contribution < -0.4 is 10.2 Å². The van der Waals surface area contributed by atoms with Crippen molar-refractivity contribution >= 4 is 5.82 Å². The minimum Gasteiger partial charge on any atom is -0.353 e. The third-order valence-electron chi connectivity index (χ3n) is 3.06. The van der Waals surface area contributed by atoms with E-state index in [-0.39, 0.29) is 0 Å². The fourth-order valence-corrected chi connectivity index (χ4v) is 2.17. The largest absolute Gasteiger partial charge is 0.353 e. The highest BCUT2D eigenvalue weighted by Crippen LogP contribution is 2.15. The average Bonchev–Trinajstić information content (AvgIpc) is 2.79. The molecule has 1 fully saturated rings. The summed E-state index contributed by atoms with van der Waals surface area (Å²) in [6.07, 6.45) is 5.99. The zero-order valence-corrected chi connectivity index (χ0v) is 10.1. The Hall–Kier alpha value is -1.16. The molecule has 1 N–H and O–H groups in total. The Bertz CT molecular complexity index is 306. The zero-order valence-electron chi connectivity index (χ0n) is 10.1. The average molecular weight is 220 g/mol. The van der Waals surface area contributed by atoms with Crippen LogP contribution in [-0.2, 0) is 0 Å². The highest BCUT2D eigenvalue weighted by atomic mass is 15.2. The van der Waals surface area contributed by atoms with Crippen LogP contribution in [0.2, 0.25) is 0 Å². The summed E-state index contributed by atoms with van der Waals surface area (Å²) in [5, 5.41) is 3.53. The third kappa shape index (κ3) is 2.70. The number of rotatable bonds is 4. The molecule has 0 amide bonds. The lowest BCUT2D eigenvalue weighted by atomic mass is 10.2. The van der Waals surface area contributed by atoms with Gasteiger partial charge in [-0.25, -0.2) is 9.97 Å². The second-order valence-electron chi connectivity index (χ2n) is 4.61. The molecular formula is C12H20N4. The lowest BCUT2D eigenvalue weighted by Crippen LogP contribution is -2.41. The van der Waals surface area contributed by atoms with Crippen LogP contribution in [0.25, 0.3) is 0 Å². The van der Waals surface area contributed by atoms with E-state index in [9.17, 15) is 0 Å². The maximum absolute atomic E-state index is 4.33. The van der Waals surface area contributed by atoms with Gasteiger partial charge >= 0.3 is 0 Å². The molecule has 0 aromatic carbocycles. The van der Waals surface area contributed by atoms with Crippen molar-refractivity contribution < 1.29 is 0 Å². The minimum atomic E-state index is 0.470. The Morgan fingerprint density at radius 1 is 1.56 bits per heavy atom. The van der Waals surface area contributed by atoms with Crippen molar-refractivity contribution in [2.75, 3.05) is 18.0 Å². The molecular weight excluding hydrogens is 200 g/mol. The molecule has 0 aliphatic carbocycles. The van der Waals surface area contributed by atoms with Gasteiger partial charge in [0.25, 0.3) is 0 Å². The van der Waals surface area contributed by atoms with Crippen LogP contribution in [0.1, 0.15) is 26.7 Å². The van der Waals surface area contributed by atoms with Crippen LogP contribution >= 0.6 is 0 Å². The van der Waals surface area contributed by atoms with Gasteiger partial charge in [-0.15, -0.1) is 0 Å². The fraction of sp³-hybridized carbons (Fsp3) is 0.667. The van der Waals surface area contributed by atoms with Crippen molar-refractivity contribution in [2.24, 2.45) is 0 Å². The highest BCUT2D eigenvalue weighted by Gasteiger charge is 2.20. The van der Waals surface area contributed by atoms with Gasteiger partial charge in [0, 0.05) is 24.8 Å². The molecule has 4 nitrogen and oxygen atoms in total. The van der Waals surface area contributed by atoms with Crippen molar-refractivity contribution in [3.63, 3.8) is 0 Å². The number of nitrogens with one attached hydrogen (secondary N) is 1. The molecule has 1 aliphatic heterocycles. The fourth-order valence-electron chi connectivity index (χ4n) is 2.17. The summed E-state index contributed by atoms with van der Waals surface area (Å²) in [5.74, 6) is 1.03. The predicted molar refractivity (Wildman–Crippen MR) is 65.5 cm³/mol. The van der Waals surface area contributed by atoms with E-state index in [1.807, 2.05) is 6.07 Å². The molecule has 2 rings (SSSR count). The minimum absolute atomic E-state index is 0.470. The Morgan fingerprint density at radius 3 is 3.00 bits per heavy atom. The second kappa shape index (κ2) is 5.25. The molecule has 0 radical (unpaired) electrons.